The monoisotopic (exact) mass is 482 g/mol. The third-order valence-electron chi connectivity index (χ3n) is 6.71. The number of nitrogens with zero attached hydrogens (tertiary/aromatic N) is 5. The van der Waals surface area contributed by atoms with Crippen LogP contribution >= 0.6 is 0 Å². The molecular weight excluding hydrogens is 456 g/mol. The summed E-state index contributed by atoms with van der Waals surface area (Å²) in [4.78, 5) is 26.2. The van der Waals surface area contributed by atoms with Gasteiger partial charge in [0.2, 0.25) is 5.91 Å². The number of carbonyl (C=O) groups is 1. The number of sulfone groups is 1. The Hall–Kier alpha value is -2.25. The van der Waals surface area contributed by atoms with Gasteiger partial charge in [-0.25, -0.2) is 22.7 Å². The zero-order valence-electron chi connectivity index (χ0n) is 17.8. The molecule has 13 heteroatoms. The second-order valence-corrected chi connectivity index (χ2v) is 13.0. The largest absolute Gasteiger partial charge is 0.353 e. The van der Waals surface area contributed by atoms with Crippen molar-refractivity contribution in [2.45, 2.75) is 31.7 Å². The number of hydrogen-bond donors (Lipinski definition) is 1. The van der Waals surface area contributed by atoms with E-state index in [0.717, 1.165) is 21.2 Å². The van der Waals surface area contributed by atoms with Gasteiger partial charge < -0.3 is 9.88 Å². The highest BCUT2D eigenvalue weighted by molar-refractivity contribution is 7.91. The van der Waals surface area contributed by atoms with Gasteiger partial charge in [-0.05, 0) is 31.2 Å². The number of nitrogens with one attached hydrogen (secondary N) is 1. The van der Waals surface area contributed by atoms with Gasteiger partial charge in [-0.1, -0.05) is 0 Å². The molecule has 1 aliphatic carbocycles. The summed E-state index contributed by atoms with van der Waals surface area (Å²) in [6.45, 7) is 2.27. The fraction of sp³-hybridized carbons (Fsp3) is 0.632. The predicted molar refractivity (Wildman–Crippen MR) is 118 cm³/mol. The van der Waals surface area contributed by atoms with Crippen LogP contribution in [0.3, 0.4) is 0 Å². The summed E-state index contributed by atoms with van der Waals surface area (Å²) in [6, 6.07) is 1.90. The molecule has 2 aliphatic heterocycles. The van der Waals surface area contributed by atoms with E-state index < -0.39 is 31.5 Å². The van der Waals surface area contributed by atoms with Gasteiger partial charge in [0.1, 0.15) is 17.8 Å². The highest BCUT2D eigenvalue weighted by Gasteiger charge is 2.57. The van der Waals surface area contributed by atoms with Crippen molar-refractivity contribution in [1.29, 1.82) is 0 Å². The first-order valence-corrected chi connectivity index (χ1v) is 13.9. The van der Waals surface area contributed by atoms with Gasteiger partial charge in [0.25, 0.3) is 0 Å². The number of H-pyrrole nitrogens is 1. The maximum atomic E-state index is 13.6. The SMILES string of the molecule is CC(=O)N(CC1CCS(=O)(=O)C1)S(=O)(=O)N1CCN(c2ncnc3[nH]ccc23)CC12CC2. The van der Waals surface area contributed by atoms with Crippen molar-refractivity contribution in [2.75, 3.05) is 42.6 Å². The van der Waals surface area contributed by atoms with Gasteiger partial charge in [-0.3, -0.25) is 4.79 Å². The van der Waals surface area contributed by atoms with E-state index in [4.69, 9.17) is 0 Å². The molecular formula is C19H26N6O5S2. The predicted octanol–water partition coefficient (Wildman–Crippen LogP) is 0.141. The summed E-state index contributed by atoms with van der Waals surface area (Å²) in [5.74, 6) is -0.223. The lowest BCUT2D eigenvalue weighted by Gasteiger charge is -2.43. The fourth-order valence-electron chi connectivity index (χ4n) is 4.92. The molecule has 174 valence electrons. The minimum absolute atomic E-state index is 0.0403. The zero-order chi connectivity index (χ0) is 22.7. The zero-order valence-corrected chi connectivity index (χ0v) is 19.4. The van der Waals surface area contributed by atoms with Crippen LogP contribution in [0.2, 0.25) is 0 Å². The molecule has 2 aromatic heterocycles. The van der Waals surface area contributed by atoms with Gasteiger partial charge in [0.15, 0.2) is 9.84 Å². The van der Waals surface area contributed by atoms with E-state index >= 15 is 0 Å². The van der Waals surface area contributed by atoms with E-state index in [0.29, 0.717) is 32.4 Å². The normalized spacial score (nSPS) is 24.8. The van der Waals surface area contributed by atoms with Gasteiger partial charge in [-0.2, -0.15) is 12.7 Å². The molecule has 0 bridgehead atoms. The Morgan fingerprint density at radius 2 is 2.09 bits per heavy atom. The van der Waals surface area contributed by atoms with Crippen molar-refractivity contribution < 1.29 is 21.6 Å². The number of aromatic nitrogens is 3. The second kappa shape index (κ2) is 7.39. The number of carbonyl (C=O) groups excluding carboxylic acids is 1. The molecule has 0 aromatic carbocycles. The van der Waals surface area contributed by atoms with Crippen LogP contribution in [0, 0.1) is 5.92 Å². The van der Waals surface area contributed by atoms with Crippen LogP contribution < -0.4 is 4.90 Å². The van der Waals surface area contributed by atoms with Crippen molar-refractivity contribution in [3.63, 3.8) is 0 Å². The molecule has 4 heterocycles. The van der Waals surface area contributed by atoms with Gasteiger partial charge in [-0.15, -0.1) is 0 Å². The average Bonchev–Trinajstić information content (AvgIpc) is 3.16. The van der Waals surface area contributed by atoms with Crippen molar-refractivity contribution in [1.82, 2.24) is 23.6 Å². The Bertz CT molecular complexity index is 1270. The number of anilines is 1. The summed E-state index contributed by atoms with van der Waals surface area (Å²) >= 11 is 0. The standard InChI is InChI=1S/C19H26N6O5S2/c1-14(26)24(10-15-3-9-31(27,28)11-15)32(29,30)25-8-7-23(12-19(25)4-5-19)18-16-2-6-20-17(16)21-13-22-18/h2,6,13,15H,3-5,7-12H2,1H3,(H,20,21,22). The average molecular weight is 483 g/mol. The molecule has 1 unspecified atom stereocenters. The molecule has 3 fully saturated rings. The third-order valence-corrected chi connectivity index (χ3v) is 10.6. The first-order chi connectivity index (χ1) is 15.1. The van der Waals surface area contributed by atoms with Crippen molar-refractivity contribution in [3.05, 3.63) is 18.6 Å². The minimum Gasteiger partial charge on any atom is -0.353 e. The van der Waals surface area contributed by atoms with Crippen molar-refractivity contribution in [2.24, 2.45) is 5.92 Å². The van der Waals surface area contributed by atoms with Gasteiger partial charge in [0, 0.05) is 39.3 Å². The summed E-state index contributed by atoms with van der Waals surface area (Å²) in [6.07, 6.45) is 5.07. The molecule has 32 heavy (non-hydrogen) atoms. The molecule has 1 N–H and O–H groups in total. The van der Waals surface area contributed by atoms with E-state index in [-0.39, 0.29) is 30.5 Å². The molecule has 1 amide bonds. The minimum atomic E-state index is -4.07. The highest BCUT2D eigenvalue weighted by Crippen LogP contribution is 2.47. The summed E-state index contributed by atoms with van der Waals surface area (Å²) in [5, 5.41) is 0.882. The Balaban J connectivity index is 1.38. The summed E-state index contributed by atoms with van der Waals surface area (Å²) in [7, 11) is -7.24. The lowest BCUT2D eigenvalue weighted by Crippen LogP contribution is -2.61. The fourth-order valence-corrected chi connectivity index (χ4v) is 8.77. The van der Waals surface area contributed by atoms with Crippen LogP contribution in [0.1, 0.15) is 26.2 Å². The Morgan fingerprint density at radius 3 is 2.75 bits per heavy atom. The number of fused-ring (bicyclic) bond motifs is 1. The molecule has 5 rings (SSSR count). The van der Waals surface area contributed by atoms with E-state index in [1.54, 1.807) is 6.20 Å². The van der Waals surface area contributed by atoms with Gasteiger partial charge >= 0.3 is 10.2 Å². The maximum Gasteiger partial charge on any atom is 0.306 e. The quantitative estimate of drug-likeness (QED) is 0.635. The van der Waals surface area contributed by atoms with Crippen LogP contribution in [0.25, 0.3) is 11.0 Å². The smallest absolute Gasteiger partial charge is 0.306 e. The number of hydrogen-bond acceptors (Lipinski definition) is 8. The van der Waals surface area contributed by atoms with Crippen molar-refractivity contribution >= 4 is 42.8 Å². The highest BCUT2D eigenvalue weighted by atomic mass is 32.2. The van der Waals surface area contributed by atoms with E-state index in [9.17, 15) is 21.6 Å². The molecule has 1 atom stereocenters. The van der Waals surface area contributed by atoms with Crippen LogP contribution in [0.4, 0.5) is 5.82 Å². The van der Waals surface area contributed by atoms with Crippen molar-refractivity contribution in [3.8, 4) is 0 Å². The third kappa shape index (κ3) is 3.65. The number of piperazine rings is 1. The Kier molecular flexibility index (Phi) is 4.98. The number of aromatic amines is 1. The van der Waals surface area contributed by atoms with Gasteiger partial charge in [0.05, 0.1) is 22.4 Å². The van der Waals surface area contributed by atoms with E-state index in [2.05, 4.69) is 19.9 Å². The van der Waals surface area contributed by atoms with E-state index in [1.165, 1.54) is 17.6 Å². The van der Waals surface area contributed by atoms with Crippen LogP contribution in [-0.2, 0) is 24.8 Å². The molecule has 3 aliphatic rings. The maximum absolute atomic E-state index is 13.6. The first-order valence-electron chi connectivity index (χ1n) is 10.7. The lowest BCUT2D eigenvalue weighted by molar-refractivity contribution is -0.124. The molecule has 1 saturated carbocycles. The number of amides is 1. The van der Waals surface area contributed by atoms with Crippen LogP contribution in [0.5, 0.6) is 0 Å². The summed E-state index contributed by atoms with van der Waals surface area (Å²) in [5.41, 5.74) is 0.143. The van der Waals surface area contributed by atoms with Crippen LogP contribution in [-0.4, -0.2) is 89.5 Å². The topological polar surface area (TPSA) is 137 Å². The molecule has 2 aromatic rings. The van der Waals surface area contributed by atoms with Crippen LogP contribution in [0.15, 0.2) is 18.6 Å². The lowest BCUT2D eigenvalue weighted by atomic mass is 10.1. The Morgan fingerprint density at radius 1 is 1.31 bits per heavy atom. The summed E-state index contributed by atoms with van der Waals surface area (Å²) < 4.78 is 53.1. The number of rotatable bonds is 5. The molecule has 1 spiro atoms. The molecule has 11 nitrogen and oxygen atoms in total. The molecule has 2 saturated heterocycles. The first kappa shape index (κ1) is 21.6. The Labute approximate surface area is 186 Å². The van der Waals surface area contributed by atoms with E-state index in [1.807, 2.05) is 6.07 Å². The second-order valence-electron chi connectivity index (χ2n) is 8.98. The molecule has 0 radical (unpaired) electrons.